The fraction of sp³-hybridized carbons (Fsp3) is 0.111. The van der Waals surface area contributed by atoms with Gasteiger partial charge >= 0.3 is 0 Å². The minimum Gasteiger partial charge on any atom is -0.0695 e. The maximum atomic E-state index is 2.50. The zero-order valence-electron chi connectivity index (χ0n) is 16.2. The molecule has 0 aliphatic heterocycles. The van der Waals surface area contributed by atoms with Gasteiger partial charge in [0.15, 0.2) is 0 Å². The van der Waals surface area contributed by atoms with Crippen LogP contribution in [0.4, 0.5) is 0 Å². The average Bonchev–Trinajstić information content (AvgIpc) is 2.77. The second kappa shape index (κ2) is 8.86. The van der Waals surface area contributed by atoms with Gasteiger partial charge in [0.1, 0.15) is 0 Å². The molecule has 0 bridgehead atoms. The molecule has 0 aromatic heterocycles. The lowest BCUT2D eigenvalue weighted by Gasteiger charge is -2.31. The molecule has 0 aliphatic carbocycles. The van der Waals surface area contributed by atoms with Gasteiger partial charge in [-0.2, -0.15) is 0 Å². The van der Waals surface area contributed by atoms with Crippen molar-refractivity contribution in [2.24, 2.45) is 0 Å². The van der Waals surface area contributed by atoms with Crippen molar-refractivity contribution in [3.63, 3.8) is 0 Å². The van der Waals surface area contributed by atoms with Gasteiger partial charge in [-0.1, -0.05) is 128 Å². The number of benzene rings is 4. The molecular formula is C27H25Si. The fourth-order valence-electron chi connectivity index (χ4n) is 4.19. The van der Waals surface area contributed by atoms with Crippen molar-refractivity contribution in [2.75, 3.05) is 0 Å². The van der Waals surface area contributed by atoms with E-state index in [1.807, 2.05) is 0 Å². The highest BCUT2D eigenvalue weighted by atomic mass is 28.3. The van der Waals surface area contributed by atoms with Gasteiger partial charge in [0, 0.05) is 11.1 Å². The second-order valence-corrected chi connectivity index (χ2v) is 9.90. The standard InChI is InChI=1S/C27H25Si/c1-28(26(22-14-6-2-7-15-22)23-16-8-3-9-17-23)27(24-18-10-4-11-19-24)25-20-12-5-13-21-25/h2-21,26-27H,1H3. The first kappa shape index (κ1) is 18.5. The lowest BCUT2D eigenvalue weighted by molar-refractivity contribution is 1.01. The summed E-state index contributed by atoms with van der Waals surface area (Å²) in [5, 5.41) is 0. The van der Waals surface area contributed by atoms with Crippen molar-refractivity contribution in [1.82, 2.24) is 0 Å². The van der Waals surface area contributed by atoms with E-state index < -0.39 is 8.80 Å². The van der Waals surface area contributed by atoms with Gasteiger partial charge in [0.05, 0.1) is 8.80 Å². The van der Waals surface area contributed by atoms with Gasteiger partial charge < -0.3 is 0 Å². The monoisotopic (exact) mass is 377 g/mol. The molecule has 0 saturated carbocycles. The van der Waals surface area contributed by atoms with Crippen molar-refractivity contribution in [2.45, 2.75) is 17.6 Å². The normalized spacial score (nSPS) is 11.3. The molecule has 0 nitrogen and oxygen atoms in total. The summed E-state index contributed by atoms with van der Waals surface area (Å²) in [7, 11) is -0.876. The third-order valence-corrected chi connectivity index (χ3v) is 8.60. The van der Waals surface area contributed by atoms with Crippen molar-refractivity contribution < 1.29 is 0 Å². The van der Waals surface area contributed by atoms with Crippen molar-refractivity contribution in [3.05, 3.63) is 144 Å². The summed E-state index contributed by atoms with van der Waals surface area (Å²) in [6.07, 6.45) is 0. The van der Waals surface area contributed by atoms with Crippen LogP contribution < -0.4 is 0 Å². The highest BCUT2D eigenvalue weighted by molar-refractivity contribution is 6.62. The number of hydrogen-bond donors (Lipinski definition) is 0. The molecule has 0 spiro atoms. The summed E-state index contributed by atoms with van der Waals surface area (Å²) < 4.78 is 0. The minimum absolute atomic E-state index is 0.429. The molecule has 0 heterocycles. The molecule has 0 aliphatic rings. The first-order valence-electron chi connectivity index (χ1n) is 9.87. The number of hydrogen-bond acceptors (Lipinski definition) is 0. The number of rotatable bonds is 6. The quantitative estimate of drug-likeness (QED) is 0.322. The fourth-order valence-corrected chi connectivity index (χ4v) is 7.39. The molecule has 0 saturated heterocycles. The first-order valence-corrected chi connectivity index (χ1v) is 12.0. The van der Waals surface area contributed by atoms with E-state index in [9.17, 15) is 0 Å². The largest absolute Gasteiger partial charge is 0.0726 e. The van der Waals surface area contributed by atoms with Gasteiger partial charge in [0.25, 0.3) is 0 Å². The molecule has 0 fully saturated rings. The zero-order valence-corrected chi connectivity index (χ0v) is 17.2. The maximum Gasteiger partial charge on any atom is 0.0726 e. The van der Waals surface area contributed by atoms with Gasteiger partial charge in [0.2, 0.25) is 0 Å². The summed E-state index contributed by atoms with van der Waals surface area (Å²) in [4.78, 5) is 0. The first-order chi connectivity index (χ1) is 13.8. The highest BCUT2D eigenvalue weighted by Gasteiger charge is 2.31. The zero-order chi connectivity index (χ0) is 19.2. The molecule has 4 aromatic carbocycles. The Morgan fingerprint density at radius 2 is 0.607 bits per heavy atom. The van der Waals surface area contributed by atoms with Crippen molar-refractivity contribution in [1.29, 1.82) is 0 Å². The van der Waals surface area contributed by atoms with E-state index in [-0.39, 0.29) is 0 Å². The molecule has 0 atom stereocenters. The molecule has 0 amide bonds. The van der Waals surface area contributed by atoms with Crippen LogP contribution in [0.2, 0.25) is 6.55 Å². The summed E-state index contributed by atoms with van der Waals surface area (Å²) in [6.45, 7) is 2.50. The SMILES string of the molecule is C[Si](C(c1ccccc1)c1ccccc1)C(c1ccccc1)c1ccccc1. The van der Waals surface area contributed by atoms with E-state index in [2.05, 4.69) is 128 Å². The van der Waals surface area contributed by atoms with Crippen LogP contribution in [0, 0.1) is 0 Å². The Bertz CT molecular complexity index is 804. The Kier molecular flexibility index (Phi) is 5.84. The minimum atomic E-state index is -0.876. The molecule has 1 heteroatoms. The van der Waals surface area contributed by atoms with Gasteiger partial charge in [-0.15, -0.1) is 0 Å². The third kappa shape index (κ3) is 4.00. The van der Waals surface area contributed by atoms with Crippen molar-refractivity contribution in [3.8, 4) is 0 Å². The summed E-state index contributed by atoms with van der Waals surface area (Å²) in [6, 6.07) is 44.1. The predicted octanol–water partition coefficient (Wildman–Crippen LogP) is 6.85. The lowest BCUT2D eigenvalue weighted by atomic mass is 10.0. The molecule has 0 N–H and O–H groups in total. The molecule has 4 rings (SSSR count). The maximum absolute atomic E-state index is 2.50. The van der Waals surface area contributed by atoms with Gasteiger partial charge in [-0.3, -0.25) is 0 Å². The Morgan fingerprint density at radius 1 is 0.393 bits per heavy atom. The van der Waals surface area contributed by atoms with E-state index >= 15 is 0 Å². The second-order valence-electron chi connectivity index (χ2n) is 7.25. The summed E-state index contributed by atoms with van der Waals surface area (Å²) in [5.41, 5.74) is 6.53. The molecule has 0 unspecified atom stereocenters. The Hall–Kier alpha value is -2.90. The molecule has 4 aromatic rings. The smallest absolute Gasteiger partial charge is 0.0695 e. The van der Waals surface area contributed by atoms with E-state index in [0.717, 1.165) is 0 Å². The van der Waals surface area contributed by atoms with Crippen LogP contribution in [-0.4, -0.2) is 8.80 Å². The molecule has 1 radical (unpaired) electrons. The molecule has 137 valence electrons. The summed E-state index contributed by atoms with van der Waals surface area (Å²) in [5.74, 6) is 0. The highest BCUT2D eigenvalue weighted by Crippen LogP contribution is 2.37. The predicted molar refractivity (Wildman–Crippen MR) is 121 cm³/mol. The average molecular weight is 378 g/mol. The van der Waals surface area contributed by atoms with Crippen LogP contribution in [-0.2, 0) is 0 Å². The van der Waals surface area contributed by atoms with E-state index in [1.165, 1.54) is 22.3 Å². The molecular weight excluding hydrogens is 352 g/mol. The van der Waals surface area contributed by atoms with Crippen LogP contribution in [0.25, 0.3) is 0 Å². The Labute approximate surface area is 170 Å². The lowest BCUT2D eigenvalue weighted by Crippen LogP contribution is -2.30. The van der Waals surface area contributed by atoms with E-state index in [1.54, 1.807) is 0 Å². The van der Waals surface area contributed by atoms with Crippen LogP contribution >= 0.6 is 0 Å². The van der Waals surface area contributed by atoms with Crippen LogP contribution in [0.3, 0.4) is 0 Å². The van der Waals surface area contributed by atoms with E-state index in [4.69, 9.17) is 0 Å². The van der Waals surface area contributed by atoms with Gasteiger partial charge in [-0.05, 0) is 22.3 Å². The topological polar surface area (TPSA) is 0 Å². The third-order valence-electron chi connectivity index (χ3n) is 5.44. The van der Waals surface area contributed by atoms with Crippen molar-refractivity contribution >= 4 is 8.80 Å². The van der Waals surface area contributed by atoms with Gasteiger partial charge in [-0.25, -0.2) is 0 Å². The Morgan fingerprint density at radius 3 is 0.821 bits per heavy atom. The van der Waals surface area contributed by atoms with Crippen LogP contribution in [0.5, 0.6) is 0 Å². The Balaban J connectivity index is 1.84. The van der Waals surface area contributed by atoms with Crippen LogP contribution in [0.15, 0.2) is 121 Å². The summed E-state index contributed by atoms with van der Waals surface area (Å²) >= 11 is 0. The van der Waals surface area contributed by atoms with E-state index in [0.29, 0.717) is 11.1 Å². The van der Waals surface area contributed by atoms with Crippen LogP contribution in [0.1, 0.15) is 33.3 Å². The molecule has 28 heavy (non-hydrogen) atoms.